The third kappa shape index (κ3) is 3.07. The fourth-order valence-corrected chi connectivity index (χ4v) is 1.80. The molecule has 9 heteroatoms. The molecule has 2 aromatic rings. The molecule has 0 radical (unpaired) electrons. The molecule has 0 aliphatic rings. The van der Waals surface area contributed by atoms with Crippen LogP contribution in [0.4, 0.5) is 26.3 Å². The van der Waals surface area contributed by atoms with Crippen LogP contribution in [0.15, 0.2) is 35.1 Å². The second-order valence-electron chi connectivity index (χ2n) is 4.35. The highest BCUT2D eigenvalue weighted by molar-refractivity contribution is 5.69. The first-order valence-corrected chi connectivity index (χ1v) is 5.71. The molecule has 22 heavy (non-hydrogen) atoms. The van der Waals surface area contributed by atoms with Gasteiger partial charge in [-0.25, -0.2) is 0 Å². The molecule has 0 atom stereocenters. The number of alkyl halides is 6. The van der Waals surface area contributed by atoms with E-state index in [1.165, 1.54) is 4.98 Å². The van der Waals surface area contributed by atoms with Crippen LogP contribution in [-0.4, -0.2) is 10.1 Å². The summed E-state index contributed by atoms with van der Waals surface area (Å²) in [6, 6.07) is 3.40. The second-order valence-corrected chi connectivity index (χ2v) is 4.35. The number of nitrogens with one attached hydrogen (secondary N) is 1. The number of hydrogen-bond acceptors (Lipinski definition) is 2. The van der Waals surface area contributed by atoms with E-state index in [1.54, 1.807) is 0 Å². The van der Waals surface area contributed by atoms with Crippen molar-refractivity contribution in [2.75, 3.05) is 0 Å². The summed E-state index contributed by atoms with van der Waals surface area (Å²) in [5, 5.41) is 9.58. The SMILES string of the molecule is O=c1[nH]c(C(F)(F)F)cc(O)c1-c1ccc(C(F)(F)F)cc1. The molecule has 1 aromatic carbocycles. The highest BCUT2D eigenvalue weighted by Gasteiger charge is 2.33. The smallest absolute Gasteiger partial charge is 0.431 e. The molecule has 2 rings (SSSR count). The van der Waals surface area contributed by atoms with E-state index in [1.807, 2.05) is 0 Å². The molecule has 2 N–H and O–H groups in total. The van der Waals surface area contributed by atoms with Crippen molar-refractivity contribution in [2.24, 2.45) is 0 Å². The fraction of sp³-hybridized carbons (Fsp3) is 0.154. The number of hydrogen-bond donors (Lipinski definition) is 2. The summed E-state index contributed by atoms with van der Waals surface area (Å²) in [6.45, 7) is 0. The van der Waals surface area contributed by atoms with Crippen molar-refractivity contribution < 1.29 is 31.4 Å². The largest absolute Gasteiger partial charge is 0.507 e. The van der Waals surface area contributed by atoms with Crippen molar-refractivity contribution >= 4 is 0 Å². The Bertz CT molecular complexity index is 743. The Morgan fingerprint density at radius 1 is 0.909 bits per heavy atom. The van der Waals surface area contributed by atoms with Crippen molar-refractivity contribution in [3.05, 3.63) is 51.9 Å². The van der Waals surface area contributed by atoms with Crippen LogP contribution in [-0.2, 0) is 12.4 Å². The Morgan fingerprint density at radius 3 is 1.86 bits per heavy atom. The number of pyridine rings is 1. The minimum absolute atomic E-state index is 0.138. The maximum absolute atomic E-state index is 12.5. The third-order valence-electron chi connectivity index (χ3n) is 2.82. The number of halogens is 6. The highest BCUT2D eigenvalue weighted by Crippen LogP contribution is 2.34. The fourth-order valence-electron chi connectivity index (χ4n) is 1.80. The summed E-state index contributed by atoms with van der Waals surface area (Å²) in [5.41, 5.74) is -4.38. The molecule has 0 saturated heterocycles. The van der Waals surface area contributed by atoms with E-state index in [0.717, 1.165) is 12.1 Å². The Hall–Kier alpha value is -2.45. The van der Waals surface area contributed by atoms with Crippen LogP contribution in [0.5, 0.6) is 5.75 Å². The first-order valence-electron chi connectivity index (χ1n) is 5.71. The molecule has 1 aromatic heterocycles. The molecule has 0 spiro atoms. The van der Waals surface area contributed by atoms with Crippen LogP contribution in [0.2, 0.25) is 0 Å². The minimum atomic E-state index is -4.87. The lowest BCUT2D eigenvalue weighted by atomic mass is 10.0. The van der Waals surface area contributed by atoms with Gasteiger partial charge in [-0.05, 0) is 17.7 Å². The molecule has 0 amide bonds. The predicted octanol–water partition coefficient (Wildman–Crippen LogP) is 3.79. The number of aromatic amines is 1. The van der Waals surface area contributed by atoms with E-state index in [9.17, 15) is 36.2 Å². The zero-order chi connectivity index (χ0) is 16.7. The Morgan fingerprint density at radius 2 is 1.45 bits per heavy atom. The van der Waals surface area contributed by atoms with Crippen molar-refractivity contribution in [1.29, 1.82) is 0 Å². The normalized spacial score (nSPS) is 12.5. The standard InChI is InChI=1S/C13H7F6NO2/c14-12(15,16)7-3-1-6(2-4-7)10-8(21)5-9(13(17,18)19)20-11(10)22/h1-5H,(H2,20,21,22). The van der Waals surface area contributed by atoms with Gasteiger partial charge in [0.1, 0.15) is 11.4 Å². The van der Waals surface area contributed by atoms with Crippen molar-refractivity contribution in [2.45, 2.75) is 12.4 Å². The van der Waals surface area contributed by atoms with Crippen LogP contribution >= 0.6 is 0 Å². The van der Waals surface area contributed by atoms with Gasteiger partial charge in [0.2, 0.25) is 0 Å². The van der Waals surface area contributed by atoms with Gasteiger partial charge >= 0.3 is 12.4 Å². The van der Waals surface area contributed by atoms with E-state index in [4.69, 9.17) is 0 Å². The molecular formula is C13H7F6NO2. The summed E-state index contributed by atoms with van der Waals surface area (Å²) < 4.78 is 74.6. The maximum atomic E-state index is 12.5. The van der Waals surface area contributed by atoms with E-state index in [2.05, 4.69) is 0 Å². The van der Waals surface area contributed by atoms with Crippen molar-refractivity contribution in [3.63, 3.8) is 0 Å². The first kappa shape index (κ1) is 15.9. The Labute approximate surface area is 118 Å². The molecule has 3 nitrogen and oxygen atoms in total. The van der Waals surface area contributed by atoms with Crippen molar-refractivity contribution in [3.8, 4) is 16.9 Å². The van der Waals surface area contributed by atoms with Gasteiger partial charge in [-0.15, -0.1) is 0 Å². The summed E-state index contributed by atoms with van der Waals surface area (Å²) >= 11 is 0. The summed E-state index contributed by atoms with van der Waals surface area (Å²) in [4.78, 5) is 13.2. The number of rotatable bonds is 1. The maximum Gasteiger partial charge on any atom is 0.431 e. The lowest BCUT2D eigenvalue weighted by Crippen LogP contribution is -2.17. The predicted molar refractivity (Wildman–Crippen MR) is 64.2 cm³/mol. The number of aromatic hydroxyl groups is 1. The zero-order valence-corrected chi connectivity index (χ0v) is 10.5. The van der Waals surface area contributed by atoms with Gasteiger partial charge in [0.15, 0.2) is 0 Å². The van der Waals surface area contributed by atoms with Gasteiger partial charge < -0.3 is 10.1 Å². The molecule has 0 aliphatic carbocycles. The Kier molecular flexibility index (Phi) is 3.68. The van der Waals surface area contributed by atoms with E-state index >= 15 is 0 Å². The third-order valence-corrected chi connectivity index (χ3v) is 2.82. The molecule has 0 bridgehead atoms. The monoisotopic (exact) mass is 323 g/mol. The quantitative estimate of drug-likeness (QED) is 0.785. The molecular weight excluding hydrogens is 316 g/mol. The van der Waals surface area contributed by atoms with Gasteiger partial charge in [-0.1, -0.05) is 12.1 Å². The molecule has 0 aliphatic heterocycles. The molecule has 1 heterocycles. The van der Waals surface area contributed by atoms with E-state index in [-0.39, 0.29) is 5.56 Å². The molecule has 0 unspecified atom stereocenters. The van der Waals surface area contributed by atoms with Gasteiger partial charge in [0.25, 0.3) is 5.56 Å². The van der Waals surface area contributed by atoms with Crippen LogP contribution in [0.25, 0.3) is 11.1 Å². The molecule has 0 fully saturated rings. The first-order chi connectivity index (χ1) is 10.00. The summed E-state index contributed by atoms with van der Waals surface area (Å²) in [7, 11) is 0. The lowest BCUT2D eigenvalue weighted by Gasteiger charge is -2.11. The van der Waals surface area contributed by atoms with Gasteiger partial charge in [-0.2, -0.15) is 26.3 Å². The summed E-state index contributed by atoms with van der Waals surface area (Å²) in [5.74, 6) is -0.976. The topological polar surface area (TPSA) is 53.1 Å². The van der Waals surface area contributed by atoms with Gasteiger partial charge in [0, 0.05) is 6.07 Å². The average molecular weight is 323 g/mol. The Balaban J connectivity index is 2.52. The number of aromatic nitrogens is 1. The number of benzene rings is 1. The van der Waals surface area contributed by atoms with Crippen LogP contribution in [0.3, 0.4) is 0 Å². The van der Waals surface area contributed by atoms with E-state index < -0.39 is 40.5 Å². The zero-order valence-electron chi connectivity index (χ0n) is 10.5. The highest BCUT2D eigenvalue weighted by atomic mass is 19.4. The van der Waals surface area contributed by atoms with E-state index in [0.29, 0.717) is 18.2 Å². The molecule has 0 saturated carbocycles. The van der Waals surface area contributed by atoms with Crippen LogP contribution < -0.4 is 5.56 Å². The van der Waals surface area contributed by atoms with Crippen molar-refractivity contribution in [1.82, 2.24) is 4.98 Å². The summed E-state index contributed by atoms with van der Waals surface area (Å²) in [6.07, 6.45) is -9.46. The average Bonchev–Trinajstić information content (AvgIpc) is 2.36. The van der Waals surface area contributed by atoms with Crippen LogP contribution in [0, 0.1) is 0 Å². The molecule has 118 valence electrons. The minimum Gasteiger partial charge on any atom is -0.507 e. The number of H-pyrrole nitrogens is 1. The van der Waals surface area contributed by atoms with Crippen LogP contribution in [0.1, 0.15) is 11.3 Å². The van der Waals surface area contributed by atoms with Gasteiger partial charge in [0.05, 0.1) is 11.1 Å². The van der Waals surface area contributed by atoms with Gasteiger partial charge in [-0.3, -0.25) is 4.79 Å². The second kappa shape index (κ2) is 5.08. The lowest BCUT2D eigenvalue weighted by molar-refractivity contribution is -0.141.